The van der Waals surface area contributed by atoms with Gasteiger partial charge in [0.1, 0.15) is 13.2 Å². The van der Waals surface area contributed by atoms with Gasteiger partial charge in [0.25, 0.3) is 11.8 Å². The van der Waals surface area contributed by atoms with E-state index < -0.39 is 0 Å². The van der Waals surface area contributed by atoms with Crippen LogP contribution in [0.1, 0.15) is 0 Å². The van der Waals surface area contributed by atoms with Gasteiger partial charge in [0, 0.05) is 14.1 Å². The minimum absolute atomic E-state index is 0.494. The van der Waals surface area contributed by atoms with Crippen molar-refractivity contribution in [1.82, 2.24) is 0 Å². The molecule has 0 aromatic rings. The second-order valence-electron chi connectivity index (χ2n) is 1.75. The molecular weight excluding hydrogens is 132 g/mol. The van der Waals surface area contributed by atoms with E-state index in [1.54, 1.807) is 14.1 Å². The third-order valence-electron chi connectivity index (χ3n) is 1.15. The summed E-state index contributed by atoms with van der Waals surface area (Å²) in [6.45, 7) is 1.12. The van der Waals surface area contributed by atoms with Crippen molar-refractivity contribution in [3.05, 3.63) is 0 Å². The zero-order valence-corrected chi connectivity index (χ0v) is 6.13. The fraction of sp³-hybridized carbons (Fsp3) is 0.667. The Bertz CT molecular complexity index is 155. The van der Waals surface area contributed by atoms with E-state index in [0.29, 0.717) is 25.0 Å². The molecule has 1 fully saturated rings. The SMILES string of the molecule is CN=C1OCCOC1=NC. The Morgan fingerprint density at radius 1 is 1.00 bits per heavy atom. The quantitative estimate of drug-likeness (QED) is 0.481. The van der Waals surface area contributed by atoms with Gasteiger partial charge in [-0.15, -0.1) is 0 Å². The largest absolute Gasteiger partial charge is 0.470 e. The molecule has 1 saturated heterocycles. The van der Waals surface area contributed by atoms with Crippen LogP contribution in [0.15, 0.2) is 9.98 Å². The molecule has 0 spiro atoms. The third kappa shape index (κ3) is 1.26. The van der Waals surface area contributed by atoms with E-state index in [1.807, 2.05) is 0 Å². The minimum atomic E-state index is 0.494. The van der Waals surface area contributed by atoms with E-state index >= 15 is 0 Å². The standard InChI is InChI=1S/C6H10N2O2/c1-7-5-6(8-2)10-4-3-9-5/h3-4H2,1-2H3. The Kier molecular flexibility index (Phi) is 2.25. The third-order valence-corrected chi connectivity index (χ3v) is 1.15. The van der Waals surface area contributed by atoms with Crippen molar-refractivity contribution in [3.8, 4) is 0 Å². The summed E-state index contributed by atoms with van der Waals surface area (Å²) < 4.78 is 10.2. The van der Waals surface area contributed by atoms with Crippen molar-refractivity contribution in [2.24, 2.45) is 9.98 Å². The van der Waals surface area contributed by atoms with Crippen LogP contribution >= 0.6 is 0 Å². The van der Waals surface area contributed by atoms with Gasteiger partial charge in [-0.3, -0.25) is 9.98 Å². The van der Waals surface area contributed by atoms with Crippen LogP contribution in [0.4, 0.5) is 0 Å². The highest BCUT2D eigenvalue weighted by Gasteiger charge is 2.15. The molecule has 1 rings (SSSR count). The van der Waals surface area contributed by atoms with Crippen LogP contribution in [-0.2, 0) is 9.47 Å². The summed E-state index contributed by atoms with van der Waals surface area (Å²) in [6.07, 6.45) is 0. The number of aliphatic imine (C=N–C) groups is 2. The lowest BCUT2D eigenvalue weighted by molar-refractivity contribution is 0.173. The normalized spacial score (nSPS) is 26.2. The number of rotatable bonds is 0. The zero-order valence-electron chi connectivity index (χ0n) is 6.13. The summed E-state index contributed by atoms with van der Waals surface area (Å²) in [6, 6.07) is 0. The van der Waals surface area contributed by atoms with Crippen LogP contribution in [0.2, 0.25) is 0 Å². The molecule has 0 aromatic heterocycles. The highest BCUT2D eigenvalue weighted by molar-refractivity contribution is 6.35. The maximum absolute atomic E-state index is 5.12. The van der Waals surface area contributed by atoms with Gasteiger partial charge in [-0.1, -0.05) is 0 Å². The number of hydrogen-bond donors (Lipinski definition) is 0. The van der Waals surface area contributed by atoms with Crippen LogP contribution in [0.5, 0.6) is 0 Å². The fourth-order valence-electron chi connectivity index (χ4n) is 0.721. The van der Waals surface area contributed by atoms with Crippen molar-refractivity contribution in [3.63, 3.8) is 0 Å². The summed E-state index contributed by atoms with van der Waals surface area (Å²) in [5, 5.41) is 0. The Morgan fingerprint density at radius 3 is 1.70 bits per heavy atom. The minimum Gasteiger partial charge on any atom is -0.470 e. The van der Waals surface area contributed by atoms with Gasteiger partial charge >= 0.3 is 0 Å². The van der Waals surface area contributed by atoms with Crippen molar-refractivity contribution in [1.29, 1.82) is 0 Å². The molecule has 0 N–H and O–H groups in total. The lowest BCUT2D eigenvalue weighted by Crippen LogP contribution is -2.29. The predicted octanol–water partition coefficient (Wildman–Crippen LogP) is 0.0898. The highest BCUT2D eigenvalue weighted by Crippen LogP contribution is 1.96. The average molecular weight is 142 g/mol. The predicted molar refractivity (Wildman–Crippen MR) is 38.6 cm³/mol. The molecule has 10 heavy (non-hydrogen) atoms. The van der Waals surface area contributed by atoms with Gasteiger partial charge in [0.2, 0.25) is 0 Å². The van der Waals surface area contributed by atoms with E-state index in [0.717, 1.165) is 0 Å². The van der Waals surface area contributed by atoms with E-state index in [1.165, 1.54) is 0 Å². The molecule has 0 aliphatic carbocycles. The van der Waals surface area contributed by atoms with Gasteiger partial charge in [-0.25, -0.2) is 0 Å². The zero-order chi connectivity index (χ0) is 7.40. The number of hydrogen-bond acceptors (Lipinski definition) is 4. The summed E-state index contributed by atoms with van der Waals surface area (Å²) in [5.41, 5.74) is 0. The summed E-state index contributed by atoms with van der Waals surface area (Å²) in [7, 11) is 3.30. The van der Waals surface area contributed by atoms with E-state index in [9.17, 15) is 0 Å². The molecule has 0 saturated carbocycles. The van der Waals surface area contributed by atoms with E-state index in [2.05, 4.69) is 9.98 Å². The highest BCUT2D eigenvalue weighted by atomic mass is 16.6. The van der Waals surface area contributed by atoms with Crippen LogP contribution in [0.3, 0.4) is 0 Å². The first-order valence-electron chi connectivity index (χ1n) is 3.08. The smallest absolute Gasteiger partial charge is 0.272 e. The van der Waals surface area contributed by atoms with Gasteiger partial charge < -0.3 is 9.47 Å². The lowest BCUT2D eigenvalue weighted by Gasteiger charge is -2.16. The average Bonchev–Trinajstić information content (AvgIpc) is 2.04. The Morgan fingerprint density at radius 2 is 1.40 bits per heavy atom. The van der Waals surface area contributed by atoms with Crippen molar-refractivity contribution in [2.75, 3.05) is 27.3 Å². The second kappa shape index (κ2) is 3.20. The maximum atomic E-state index is 5.12. The molecule has 4 nitrogen and oxygen atoms in total. The summed E-state index contributed by atoms with van der Waals surface area (Å²) in [5.74, 6) is 0.988. The molecule has 0 aromatic carbocycles. The van der Waals surface area contributed by atoms with Crippen molar-refractivity contribution < 1.29 is 9.47 Å². The van der Waals surface area contributed by atoms with Gasteiger partial charge in [-0.2, -0.15) is 0 Å². The van der Waals surface area contributed by atoms with Gasteiger partial charge in [-0.05, 0) is 0 Å². The van der Waals surface area contributed by atoms with Crippen molar-refractivity contribution in [2.45, 2.75) is 0 Å². The molecule has 0 radical (unpaired) electrons. The molecule has 0 atom stereocenters. The Balaban J connectivity index is 2.69. The molecule has 0 amide bonds. The topological polar surface area (TPSA) is 43.2 Å². The molecule has 1 aliphatic heterocycles. The Hall–Kier alpha value is -1.06. The lowest BCUT2D eigenvalue weighted by atomic mass is 10.5. The molecule has 0 bridgehead atoms. The first kappa shape index (κ1) is 7.05. The molecular formula is C6H10N2O2. The first-order valence-corrected chi connectivity index (χ1v) is 3.08. The Labute approximate surface area is 59.6 Å². The summed E-state index contributed by atoms with van der Waals surface area (Å²) >= 11 is 0. The van der Waals surface area contributed by atoms with Crippen LogP contribution in [0, 0.1) is 0 Å². The van der Waals surface area contributed by atoms with E-state index in [-0.39, 0.29) is 0 Å². The summed E-state index contributed by atoms with van der Waals surface area (Å²) in [4.78, 5) is 7.68. The molecule has 1 aliphatic rings. The maximum Gasteiger partial charge on any atom is 0.272 e. The molecule has 0 unspecified atom stereocenters. The van der Waals surface area contributed by atoms with Gasteiger partial charge in [0.15, 0.2) is 0 Å². The molecule has 4 heteroatoms. The van der Waals surface area contributed by atoms with Crippen LogP contribution < -0.4 is 0 Å². The van der Waals surface area contributed by atoms with Crippen LogP contribution in [0.25, 0.3) is 0 Å². The molecule has 56 valence electrons. The van der Waals surface area contributed by atoms with Crippen molar-refractivity contribution >= 4 is 11.8 Å². The van der Waals surface area contributed by atoms with E-state index in [4.69, 9.17) is 9.47 Å². The number of ether oxygens (including phenoxy) is 2. The van der Waals surface area contributed by atoms with Crippen LogP contribution in [-0.4, -0.2) is 39.1 Å². The monoisotopic (exact) mass is 142 g/mol. The fourth-order valence-corrected chi connectivity index (χ4v) is 0.721. The first-order chi connectivity index (χ1) is 4.88. The van der Waals surface area contributed by atoms with Gasteiger partial charge in [0.05, 0.1) is 0 Å². The number of nitrogens with zero attached hydrogens (tertiary/aromatic N) is 2. The second-order valence-corrected chi connectivity index (χ2v) is 1.75. The molecule has 1 heterocycles.